The maximum atomic E-state index is 12.2. The van der Waals surface area contributed by atoms with Gasteiger partial charge in [-0.15, -0.1) is 0 Å². The summed E-state index contributed by atoms with van der Waals surface area (Å²) in [5.74, 6) is -0.171. The molecule has 2 aromatic carbocycles. The summed E-state index contributed by atoms with van der Waals surface area (Å²) in [5, 5.41) is 14.0. The summed E-state index contributed by atoms with van der Waals surface area (Å²) in [5.41, 5.74) is 2.44. The first-order valence-electron chi connectivity index (χ1n) is 7.40. The Hall–Kier alpha value is -2.95. The van der Waals surface area contributed by atoms with Crippen molar-refractivity contribution in [2.75, 3.05) is 13.7 Å². The highest BCUT2D eigenvalue weighted by atomic mass is 16.5. The van der Waals surface area contributed by atoms with Crippen LogP contribution in [0.4, 0.5) is 0 Å². The van der Waals surface area contributed by atoms with E-state index in [0.717, 1.165) is 16.5 Å². The van der Waals surface area contributed by atoms with Gasteiger partial charge in [0, 0.05) is 23.6 Å². The number of nitrogens with one attached hydrogen (secondary N) is 2. The Morgan fingerprint density at radius 2 is 2.04 bits per heavy atom. The average Bonchev–Trinajstić information content (AvgIpc) is 2.98. The predicted molar refractivity (Wildman–Crippen MR) is 89.0 cm³/mol. The lowest BCUT2D eigenvalue weighted by molar-refractivity contribution is 0.0951. The molecule has 1 aromatic heterocycles. The van der Waals surface area contributed by atoms with E-state index in [1.54, 1.807) is 18.2 Å². The smallest absolute Gasteiger partial charge is 0.255 e. The van der Waals surface area contributed by atoms with E-state index < -0.39 is 0 Å². The molecule has 3 N–H and O–H groups in total. The van der Waals surface area contributed by atoms with E-state index in [4.69, 9.17) is 4.74 Å². The van der Waals surface area contributed by atoms with Gasteiger partial charge in [-0.05, 0) is 30.2 Å². The molecule has 5 heteroatoms. The third-order valence-corrected chi connectivity index (χ3v) is 3.82. The van der Waals surface area contributed by atoms with Crippen LogP contribution in [-0.2, 0) is 6.42 Å². The van der Waals surface area contributed by atoms with Crippen molar-refractivity contribution in [2.45, 2.75) is 6.42 Å². The fourth-order valence-electron chi connectivity index (χ4n) is 2.61. The first kappa shape index (κ1) is 15.0. The molecule has 0 saturated heterocycles. The number of phenolic OH excluding ortho intramolecular Hbond substituents is 1. The molecular weight excluding hydrogens is 292 g/mol. The fourth-order valence-corrected chi connectivity index (χ4v) is 2.61. The molecule has 0 fully saturated rings. The number of hydrogen-bond acceptors (Lipinski definition) is 3. The third-order valence-electron chi connectivity index (χ3n) is 3.82. The van der Waals surface area contributed by atoms with Crippen molar-refractivity contribution in [1.82, 2.24) is 10.3 Å². The van der Waals surface area contributed by atoms with Crippen LogP contribution in [0.3, 0.4) is 0 Å². The zero-order valence-electron chi connectivity index (χ0n) is 12.8. The zero-order chi connectivity index (χ0) is 16.2. The number of methoxy groups -OCH3 is 1. The fraction of sp³-hybridized carbons (Fsp3) is 0.167. The van der Waals surface area contributed by atoms with Crippen LogP contribution >= 0.6 is 0 Å². The summed E-state index contributed by atoms with van der Waals surface area (Å²) >= 11 is 0. The Morgan fingerprint density at radius 1 is 1.22 bits per heavy atom. The lowest BCUT2D eigenvalue weighted by Crippen LogP contribution is -2.25. The second kappa shape index (κ2) is 6.44. The van der Waals surface area contributed by atoms with Crippen LogP contribution in [0, 0.1) is 0 Å². The minimum atomic E-state index is -0.318. The summed E-state index contributed by atoms with van der Waals surface area (Å²) in [6.45, 7) is 0.483. The predicted octanol–water partition coefficient (Wildman–Crippen LogP) is 2.85. The van der Waals surface area contributed by atoms with Crippen LogP contribution < -0.4 is 10.1 Å². The number of amides is 1. The molecule has 1 heterocycles. The number of hydrogen-bond donors (Lipinski definition) is 3. The maximum absolute atomic E-state index is 12.2. The molecule has 23 heavy (non-hydrogen) atoms. The number of aromatic amines is 1. The molecule has 1 amide bonds. The summed E-state index contributed by atoms with van der Waals surface area (Å²) < 4.78 is 5.01. The van der Waals surface area contributed by atoms with Crippen LogP contribution in [0.5, 0.6) is 11.5 Å². The number of H-pyrrole nitrogens is 1. The SMILES string of the molecule is COc1cccc(C(=O)NCCc2c[nH]c3ccccc23)c1O. The molecule has 0 aliphatic heterocycles. The number of ether oxygens (including phenoxy) is 1. The molecular formula is C18H18N2O3. The molecule has 0 bridgehead atoms. The molecule has 5 nitrogen and oxygen atoms in total. The van der Waals surface area contributed by atoms with E-state index in [-0.39, 0.29) is 23.0 Å². The highest BCUT2D eigenvalue weighted by Crippen LogP contribution is 2.29. The van der Waals surface area contributed by atoms with E-state index in [1.807, 2.05) is 24.4 Å². The molecule has 0 unspecified atom stereocenters. The van der Waals surface area contributed by atoms with Crippen LogP contribution in [0.15, 0.2) is 48.7 Å². The number of carbonyl (C=O) groups is 1. The third kappa shape index (κ3) is 2.99. The number of para-hydroxylation sites is 2. The van der Waals surface area contributed by atoms with Gasteiger partial charge in [0.25, 0.3) is 5.91 Å². The zero-order valence-corrected chi connectivity index (χ0v) is 12.8. The van der Waals surface area contributed by atoms with Gasteiger partial charge in [0.15, 0.2) is 11.5 Å². The van der Waals surface area contributed by atoms with Gasteiger partial charge in [-0.2, -0.15) is 0 Å². The van der Waals surface area contributed by atoms with Gasteiger partial charge in [0.05, 0.1) is 12.7 Å². The Labute approximate surface area is 133 Å². The number of fused-ring (bicyclic) bond motifs is 1. The normalized spacial score (nSPS) is 10.7. The largest absolute Gasteiger partial charge is 0.504 e. The number of benzene rings is 2. The number of aromatic hydroxyl groups is 1. The second-order valence-electron chi connectivity index (χ2n) is 5.22. The molecule has 0 aliphatic carbocycles. The second-order valence-corrected chi connectivity index (χ2v) is 5.22. The minimum Gasteiger partial charge on any atom is -0.504 e. The van der Waals surface area contributed by atoms with Crippen LogP contribution in [-0.4, -0.2) is 29.7 Å². The van der Waals surface area contributed by atoms with Gasteiger partial charge in [0.1, 0.15) is 0 Å². The highest BCUT2D eigenvalue weighted by molar-refractivity contribution is 5.97. The first-order valence-corrected chi connectivity index (χ1v) is 7.40. The lowest BCUT2D eigenvalue weighted by atomic mass is 10.1. The molecule has 0 radical (unpaired) electrons. The Morgan fingerprint density at radius 3 is 2.87 bits per heavy atom. The number of carbonyl (C=O) groups excluding carboxylic acids is 1. The molecule has 118 valence electrons. The van der Waals surface area contributed by atoms with E-state index in [0.29, 0.717) is 13.0 Å². The summed E-state index contributed by atoms with van der Waals surface area (Å²) in [4.78, 5) is 15.4. The van der Waals surface area contributed by atoms with Gasteiger partial charge < -0.3 is 20.1 Å². The summed E-state index contributed by atoms with van der Waals surface area (Å²) in [6, 6.07) is 12.9. The van der Waals surface area contributed by atoms with E-state index >= 15 is 0 Å². The molecule has 3 aromatic rings. The topological polar surface area (TPSA) is 74.3 Å². The summed E-state index contributed by atoms with van der Waals surface area (Å²) in [7, 11) is 1.45. The van der Waals surface area contributed by atoms with Gasteiger partial charge >= 0.3 is 0 Å². The first-order chi connectivity index (χ1) is 11.2. The quantitative estimate of drug-likeness (QED) is 0.678. The van der Waals surface area contributed by atoms with Gasteiger partial charge in [-0.1, -0.05) is 24.3 Å². The molecule has 0 spiro atoms. The monoisotopic (exact) mass is 310 g/mol. The minimum absolute atomic E-state index is 0.139. The van der Waals surface area contributed by atoms with E-state index in [2.05, 4.69) is 16.4 Å². The molecule has 3 rings (SSSR count). The van der Waals surface area contributed by atoms with Crippen molar-refractivity contribution in [3.8, 4) is 11.5 Å². The number of rotatable bonds is 5. The van der Waals surface area contributed by atoms with E-state index in [9.17, 15) is 9.90 Å². The Bertz CT molecular complexity index is 839. The van der Waals surface area contributed by atoms with Crippen LogP contribution in [0.2, 0.25) is 0 Å². The van der Waals surface area contributed by atoms with Crippen molar-refractivity contribution >= 4 is 16.8 Å². The summed E-state index contributed by atoms with van der Waals surface area (Å²) in [6.07, 6.45) is 2.67. The van der Waals surface area contributed by atoms with Crippen LogP contribution in [0.1, 0.15) is 15.9 Å². The number of phenols is 1. The van der Waals surface area contributed by atoms with Crippen LogP contribution in [0.25, 0.3) is 10.9 Å². The Balaban J connectivity index is 1.66. The van der Waals surface area contributed by atoms with Gasteiger partial charge in [0.2, 0.25) is 0 Å². The molecule has 0 atom stereocenters. The van der Waals surface area contributed by atoms with Crippen molar-refractivity contribution in [2.24, 2.45) is 0 Å². The Kier molecular flexibility index (Phi) is 4.19. The van der Waals surface area contributed by atoms with Crippen molar-refractivity contribution in [3.63, 3.8) is 0 Å². The molecule has 0 saturated carbocycles. The van der Waals surface area contributed by atoms with Gasteiger partial charge in [-0.3, -0.25) is 4.79 Å². The van der Waals surface area contributed by atoms with Crippen molar-refractivity contribution in [3.05, 3.63) is 59.8 Å². The maximum Gasteiger partial charge on any atom is 0.255 e. The number of aromatic nitrogens is 1. The van der Waals surface area contributed by atoms with Gasteiger partial charge in [-0.25, -0.2) is 0 Å². The highest BCUT2D eigenvalue weighted by Gasteiger charge is 2.14. The van der Waals surface area contributed by atoms with Crippen molar-refractivity contribution < 1.29 is 14.6 Å². The standard InChI is InChI=1S/C18H18N2O3/c1-23-16-8-4-6-14(17(16)21)18(22)19-10-9-12-11-20-15-7-3-2-5-13(12)15/h2-8,11,20-21H,9-10H2,1H3,(H,19,22). The van der Waals surface area contributed by atoms with E-state index in [1.165, 1.54) is 7.11 Å². The lowest BCUT2D eigenvalue weighted by Gasteiger charge is -2.09. The molecule has 0 aliphatic rings. The average molecular weight is 310 g/mol. The van der Waals surface area contributed by atoms with Crippen molar-refractivity contribution in [1.29, 1.82) is 0 Å².